The van der Waals surface area contributed by atoms with Crippen LogP contribution in [0.1, 0.15) is 5.56 Å². The van der Waals surface area contributed by atoms with Crippen LogP contribution in [0.5, 0.6) is 5.75 Å². The first-order valence-electron chi connectivity index (χ1n) is 3.92. The Morgan fingerprint density at radius 3 is 2.60 bits per heavy atom. The number of hydrogen-bond donors (Lipinski definition) is 2. The van der Waals surface area contributed by atoms with Crippen molar-refractivity contribution in [2.45, 2.75) is 12.3 Å². The molecule has 0 radical (unpaired) electrons. The van der Waals surface area contributed by atoms with E-state index in [1.165, 1.54) is 18.2 Å². The number of aliphatic carboxylic acids is 1. The van der Waals surface area contributed by atoms with Gasteiger partial charge in [-0.25, -0.2) is 4.79 Å². The lowest BCUT2D eigenvalue weighted by molar-refractivity contribution is -0.164. The Balaban J connectivity index is 3.00. The summed E-state index contributed by atoms with van der Waals surface area (Å²) in [5, 5.41) is 17.4. The third-order valence-corrected chi connectivity index (χ3v) is 2.70. The maximum Gasteiger partial charge on any atom is 0.374 e. The van der Waals surface area contributed by atoms with Gasteiger partial charge in [0, 0.05) is 6.42 Å². The monoisotopic (exact) mass is 280 g/mol. The highest BCUT2D eigenvalue weighted by Gasteiger charge is 2.39. The molecule has 0 aromatic heterocycles. The van der Waals surface area contributed by atoms with Crippen LogP contribution in [0.2, 0.25) is 0 Å². The van der Waals surface area contributed by atoms with Crippen LogP contribution >= 0.6 is 15.9 Å². The van der Waals surface area contributed by atoms with Crippen LogP contribution in [-0.4, -0.2) is 22.1 Å². The van der Waals surface area contributed by atoms with Gasteiger partial charge < -0.3 is 10.2 Å². The fourth-order valence-electron chi connectivity index (χ4n) is 1.02. The summed E-state index contributed by atoms with van der Waals surface area (Å²) >= 11 is 2.91. The largest absolute Gasteiger partial charge is 0.507 e. The van der Waals surface area contributed by atoms with Gasteiger partial charge in [-0.05, 0) is 27.6 Å². The second kappa shape index (κ2) is 4.14. The van der Waals surface area contributed by atoms with Crippen molar-refractivity contribution in [2.24, 2.45) is 0 Å². The molecule has 15 heavy (non-hydrogen) atoms. The van der Waals surface area contributed by atoms with E-state index in [0.717, 1.165) is 0 Å². The van der Waals surface area contributed by atoms with Crippen LogP contribution in [-0.2, 0) is 11.2 Å². The standard InChI is InChI=1S/C9H7BrF2O3/c10-7-5(2-1-3-6(7)13)4-9(11,12)8(14)15/h1-3,13H,4H2,(H,14,15). The second-order valence-electron chi connectivity index (χ2n) is 2.94. The zero-order valence-electron chi connectivity index (χ0n) is 7.38. The van der Waals surface area contributed by atoms with E-state index in [2.05, 4.69) is 15.9 Å². The van der Waals surface area contributed by atoms with Gasteiger partial charge in [0.1, 0.15) is 5.75 Å². The number of carbonyl (C=O) groups is 1. The molecule has 0 saturated carbocycles. The van der Waals surface area contributed by atoms with E-state index in [-0.39, 0.29) is 15.8 Å². The second-order valence-corrected chi connectivity index (χ2v) is 3.73. The number of rotatable bonds is 3. The molecule has 0 spiro atoms. The Morgan fingerprint density at radius 1 is 1.47 bits per heavy atom. The molecule has 0 fully saturated rings. The molecule has 0 amide bonds. The molecule has 0 aliphatic rings. The average molecular weight is 281 g/mol. The lowest BCUT2D eigenvalue weighted by Gasteiger charge is -2.12. The highest BCUT2D eigenvalue weighted by Crippen LogP contribution is 2.31. The van der Waals surface area contributed by atoms with Crippen LogP contribution in [0.4, 0.5) is 8.78 Å². The van der Waals surface area contributed by atoms with Crippen molar-refractivity contribution in [2.75, 3.05) is 0 Å². The minimum absolute atomic E-state index is 0.0439. The molecule has 0 saturated heterocycles. The predicted octanol–water partition coefficient (Wildman–Crippen LogP) is 2.42. The quantitative estimate of drug-likeness (QED) is 0.894. The van der Waals surface area contributed by atoms with Crippen molar-refractivity contribution in [3.63, 3.8) is 0 Å². The zero-order valence-corrected chi connectivity index (χ0v) is 8.96. The van der Waals surface area contributed by atoms with Gasteiger partial charge >= 0.3 is 11.9 Å². The summed E-state index contributed by atoms with van der Waals surface area (Å²) in [7, 11) is 0. The Bertz CT molecular complexity index is 393. The van der Waals surface area contributed by atoms with Crippen molar-refractivity contribution in [3.05, 3.63) is 28.2 Å². The van der Waals surface area contributed by atoms with Gasteiger partial charge in [0.05, 0.1) is 4.47 Å². The molecule has 6 heteroatoms. The van der Waals surface area contributed by atoms with Crippen LogP contribution in [0.15, 0.2) is 22.7 Å². The average Bonchev–Trinajstić information content (AvgIpc) is 2.12. The molecule has 0 heterocycles. The fraction of sp³-hybridized carbons (Fsp3) is 0.222. The maximum absolute atomic E-state index is 12.8. The summed E-state index contributed by atoms with van der Waals surface area (Å²) in [5.74, 6) is -6.22. The lowest BCUT2D eigenvalue weighted by atomic mass is 10.1. The van der Waals surface area contributed by atoms with Crippen LogP contribution in [0.3, 0.4) is 0 Å². The fourth-order valence-corrected chi connectivity index (χ4v) is 1.42. The molecule has 1 aromatic carbocycles. The van der Waals surface area contributed by atoms with E-state index in [0.29, 0.717) is 0 Å². The Hall–Kier alpha value is -1.17. The molecule has 2 N–H and O–H groups in total. The normalized spacial score (nSPS) is 11.4. The minimum atomic E-state index is -3.84. The van der Waals surface area contributed by atoms with Crippen molar-refractivity contribution < 1.29 is 23.8 Å². The molecule has 0 aliphatic carbocycles. The van der Waals surface area contributed by atoms with E-state index in [1.807, 2.05) is 0 Å². The Kier molecular flexibility index (Phi) is 3.28. The summed E-state index contributed by atoms with van der Waals surface area (Å²) in [6, 6.07) is 4.00. The number of aromatic hydroxyl groups is 1. The van der Waals surface area contributed by atoms with E-state index in [4.69, 9.17) is 5.11 Å². The van der Waals surface area contributed by atoms with Gasteiger partial charge in [-0.15, -0.1) is 0 Å². The molecule has 3 nitrogen and oxygen atoms in total. The summed E-state index contributed by atoms with van der Waals surface area (Å²) in [4.78, 5) is 10.2. The Morgan fingerprint density at radius 2 is 2.07 bits per heavy atom. The summed E-state index contributed by atoms with van der Waals surface area (Å²) < 4.78 is 25.8. The Labute approximate surface area is 92.5 Å². The highest BCUT2D eigenvalue weighted by molar-refractivity contribution is 9.10. The van der Waals surface area contributed by atoms with Crippen LogP contribution in [0, 0.1) is 0 Å². The van der Waals surface area contributed by atoms with Crippen molar-refractivity contribution in [3.8, 4) is 5.75 Å². The summed E-state index contributed by atoms with van der Waals surface area (Å²) in [6.45, 7) is 0. The SMILES string of the molecule is O=C(O)C(F)(F)Cc1cccc(O)c1Br. The van der Waals surface area contributed by atoms with Crippen molar-refractivity contribution >= 4 is 21.9 Å². The number of hydrogen-bond acceptors (Lipinski definition) is 2. The molecule has 0 atom stereocenters. The third-order valence-electron chi connectivity index (χ3n) is 1.78. The minimum Gasteiger partial charge on any atom is -0.507 e. The van der Waals surface area contributed by atoms with E-state index in [9.17, 15) is 18.7 Å². The molecule has 1 aromatic rings. The molecule has 82 valence electrons. The van der Waals surface area contributed by atoms with E-state index in [1.54, 1.807) is 0 Å². The highest BCUT2D eigenvalue weighted by atomic mass is 79.9. The van der Waals surface area contributed by atoms with E-state index < -0.39 is 18.3 Å². The smallest absolute Gasteiger partial charge is 0.374 e. The molecule has 1 rings (SSSR count). The first kappa shape index (κ1) is 11.9. The number of halogens is 3. The molecular formula is C9H7BrF2O3. The summed E-state index contributed by atoms with van der Waals surface area (Å²) in [5.41, 5.74) is 0.0439. The number of carboxylic acids is 1. The van der Waals surface area contributed by atoms with Gasteiger partial charge in [0.2, 0.25) is 0 Å². The van der Waals surface area contributed by atoms with Crippen LogP contribution < -0.4 is 0 Å². The topological polar surface area (TPSA) is 57.5 Å². The molecule has 0 aliphatic heterocycles. The first-order valence-corrected chi connectivity index (χ1v) is 4.71. The maximum atomic E-state index is 12.8. The third kappa shape index (κ3) is 2.65. The predicted molar refractivity (Wildman–Crippen MR) is 52.1 cm³/mol. The number of phenolic OH excluding ortho intramolecular Hbond substituents is 1. The van der Waals surface area contributed by atoms with E-state index >= 15 is 0 Å². The van der Waals surface area contributed by atoms with Gasteiger partial charge in [-0.3, -0.25) is 0 Å². The first-order chi connectivity index (χ1) is 6.84. The van der Waals surface area contributed by atoms with Gasteiger partial charge in [0.25, 0.3) is 0 Å². The number of phenols is 1. The number of carboxylic acid groups (broad SMARTS) is 1. The van der Waals surface area contributed by atoms with Gasteiger partial charge in [-0.2, -0.15) is 8.78 Å². The molecule has 0 unspecified atom stereocenters. The van der Waals surface area contributed by atoms with Gasteiger partial charge in [-0.1, -0.05) is 12.1 Å². The zero-order chi connectivity index (χ0) is 11.6. The lowest BCUT2D eigenvalue weighted by Crippen LogP contribution is -2.30. The van der Waals surface area contributed by atoms with Crippen molar-refractivity contribution in [1.29, 1.82) is 0 Å². The number of benzene rings is 1. The number of alkyl halides is 2. The summed E-state index contributed by atoms with van der Waals surface area (Å²) in [6.07, 6.45) is -0.961. The molecule has 0 bridgehead atoms. The van der Waals surface area contributed by atoms with Gasteiger partial charge in [0.15, 0.2) is 0 Å². The van der Waals surface area contributed by atoms with Crippen LogP contribution in [0.25, 0.3) is 0 Å². The molecular weight excluding hydrogens is 274 g/mol. The van der Waals surface area contributed by atoms with Crippen molar-refractivity contribution in [1.82, 2.24) is 0 Å².